The third kappa shape index (κ3) is 2.13. The standard InChI is InChI=1S/C21H32O3/c1-12(22)15-6-7-16-14-5-4-13-10-18(23)19(24)11-21(13,3)17(14)8-9-20(15,16)2/h4,14-19,23-24H,5-11H2,1-3H3. The largest absolute Gasteiger partial charge is 0.390 e. The molecule has 134 valence electrons. The van der Waals surface area contributed by atoms with Crippen LogP contribution < -0.4 is 0 Å². The molecule has 0 bridgehead atoms. The van der Waals surface area contributed by atoms with Crippen LogP contribution in [0.1, 0.15) is 65.7 Å². The summed E-state index contributed by atoms with van der Waals surface area (Å²) >= 11 is 0. The molecule has 3 fully saturated rings. The van der Waals surface area contributed by atoms with E-state index in [1.165, 1.54) is 12.0 Å². The molecular formula is C21H32O3. The zero-order chi connectivity index (χ0) is 17.3. The maximum atomic E-state index is 12.2. The summed E-state index contributed by atoms with van der Waals surface area (Å²) in [6.45, 7) is 6.47. The molecule has 24 heavy (non-hydrogen) atoms. The summed E-state index contributed by atoms with van der Waals surface area (Å²) < 4.78 is 0. The van der Waals surface area contributed by atoms with Crippen molar-refractivity contribution in [3.8, 4) is 0 Å². The Hall–Kier alpha value is -0.670. The molecular weight excluding hydrogens is 300 g/mol. The Morgan fingerprint density at radius 1 is 1.12 bits per heavy atom. The summed E-state index contributed by atoms with van der Waals surface area (Å²) in [6, 6.07) is 0. The van der Waals surface area contributed by atoms with Gasteiger partial charge in [-0.2, -0.15) is 0 Å². The van der Waals surface area contributed by atoms with E-state index in [0.29, 0.717) is 36.4 Å². The molecule has 8 atom stereocenters. The molecule has 0 aromatic rings. The quantitative estimate of drug-likeness (QED) is 0.723. The van der Waals surface area contributed by atoms with E-state index in [0.717, 1.165) is 25.7 Å². The van der Waals surface area contributed by atoms with Crippen LogP contribution in [-0.2, 0) is 4.79 Å². The van der Waals surface area contributed by atoms with Crippen molar-refractivity contribution in [3.63, 3.8) is 0 Å². The summed E-state index contributed by atoms with van der Waals surface area (Å²) in [5.74, 6) is 2.52. The minimum atomic E-state index is -0.594. The first-order valence-corrected chi connectivity index (χ1v) is 9.83. The number of carbonyl (C=O) groups is 1. The zero-order valence-corrected chi connectivity index (χ0v) is 15.3. The molecule has 4 aliphatic rings. The van der Waals surface area contributed by atoms with E-state index >= 15 is 0 Å². The molecule has 3 nitrogen and oxygen atoms in total. The van der Waals surface area contributed by atoms with Crippen LogP contribution in [0.15, 0.2) is 11.6 Å². The molecule has 0 heterocycles. The van der Waals surface area contributed by atoms with Gasteiger partial charge < -0.3 is 10.2 Å². The normalized spacial score (nSPS) is 53.6. The number of Topliss-reactive ketones (excluding diaryl/α,β-unsaturated/α-hetero) is 1. The number of aliphatic hydroxyl groups is 2. The topological polar surface area (TPSA) is 57.5 Å². The molecule has 0 saturated heterocycles. The first kappa shape index (κ1) is 16.8. The van der Waals surface area contributed by atoms with Gasteiger partial charge in [0, 0.05) is 5.92 Å². The highest BCUT2D eigenvalue weighted by atomic mass is 16.3. The average molecular weight is 332 g/mol. The number of fused-ring (bicyclic) bond motifs is 5. The fourth-order valence-corrected chi connectivity index (χ4v) is 7.36. The van der Waals surface area contributed by atoms with Crippen molar-refractivity contribution in [2.75, 3.05) is 0 Å². The van der Waals surface area contributed by atoms with Gasteiger partial charge in [-0.3, -0.25) is 4.79 Å². The Bertz CT molecular complexity index is 582. The van der Waals surface area contributed by atoms with Crippen molar-refractivity contribution in [3.05, 3.63) is 11.6 Å². The van der Waals surface area contributed by atoms with Gasteiger partial charge in [-0.1, -0.05) is 25.5 Å². The number of hydrogen-bond donors (Lipinski definition) is 2. The van der Waals surface area contributed by atoms with E-state index < -0.39 is 12.2 Å². The van der Waals surface area contributed by atoms with Gasteiger partial charge in [-0.05, 0) is 80.5 Å². The fourth-order valence-electron chi connectivity index (χ4n) is 7.36. The van der Waals surface area contributed by atoms with Crippen molar-refractivity contribution in [1.29, 1.82) is 0 Å². The van der Waals surface area contributed by atoms with Crippen LogP contribution in [0.5, 0.6) is 0 Å². The van der Waals surface area contributed by atoms with Gasteiger partial charge in [0.25, 0.3) is 0 Å². The van der Waals surface area contributed by atoms with Gasteiger partial charge in [0.1, 0.15) is 5.78 Å². The maximum absolute atomic E-state index is 12.2. The Labute approximate surface area is 145 Å². The first-order chi connectivity index (χ1) is 11.3. The van der Waals surface area contributed by atoms with Gasteiger partial charge in [0.2, 0.25) is 0 Å². The number of carbonyl (C=O) groups excluding carboxylic acids is 1. The molecule has 0 amide bonds. The highest BCUT2D eigenvalue weighted by molar-refractivity contribution is 5.79. The van der Waals surface area contributed by atoms with E-state index in [1.807, 2.05) is 0 Å². The summed E-state index contributed by atoms with van der Waals surface area (Å²) in [7, 11) is 0. The van der Waals surface area contributed by atoms with Gasteiger partial charge in [-0.25, -0.2) is 0 Å². The van der Waals surface area contributed by atoms with E-state index in [2.05, 4.69) is 19.9 Å². The second-order valence-electron chi connectivity index (χ2n) is 9.59. The summed E-state index contributed by atoms with van der Waals surface area (Å²) in [4.78, 5) is 12.2. The maximum Gasteiger partial charge on any atom is 0.133 e. The molecule has 0 aliphatic heterocycles. The molecule has 4 rings (SSSR count). The van der Waals surface area contributed by atoms with Crippen LogP contribution in [0.25, 0.3) is 0 Å². The second kappa shape index (κ2) is 5.41. The molecule has 0 aromatic carbocycles. The van der Waals surface area contributed by atoms with Crippen LogP contribution in [0, 0.1) is 34.5 Å². The van der Waals surface area contributed by atoms with E-state index in [4.69, 9.17) is 0 Å². The summed E-state index contributed by atoms with van der Waals surface area (Å²) in [5.41, 5.74) is 1.60. The lowest BCUT2D eigenvalue weighted by Gasteiger charge is -2.58. The third-order valence-electron chi connectivity index (χ3n) is 8.62. The lowest BCUT2D eigenvalue weighted by molar-refractivity contribution is -0.128. The predicted octanol–water partition coefficient (Wildman–Crippen LogP) is 3.49. The Morgan fingerprint density at radius 3 is 2.58 bits per heavy atom. The molecule has 2 N–H and O–H groups in total. The second-order valence-corrected chi connectivity index (χ2v) is 9.59. The third-order valence-corrected chi connectivity index (χ3v) is 8.62. The van der Waals surface area contributed by atoms with Crippen molar-refractivity contribution in [1.82, 2.24) is 0 Å². The smallest absolute Gasteiger partial charge is 0.133 e. The molecule has 3 saturated carbocycles. The van der Waals surface area contributed by atoms with Crippen LogP contribution in [0.2, 0.25) is 0 Å². The molecule has 0 aromatic heterocycles. The first-order valence-electron chi connectivity index (χ1n) is 9.83. The fraction of sp³-hybridized carbons (Fsp3) is 0.857. The van der Waals surface area contributed by atoms with E-state index in [-0.39, 0.29) is 16.7 Å². The minimum Gasteiger partial charge on any atom is -0.390 e. The van der Waals surface area contributed by atoms with Crippen LogP contribution >= 0.6 is 0 Å². The van der Waals surface area contributed by atoms with Crippen LogP contribution in [-0.4, -0.2) is 28.2 Å². The number of rotatable bonds is 1. The predicted molar refractivity (Wildman–Crippen MR) is 93.3 cm³/mol. The molecule has 0 radical (unpaired) electrons. The SMILES string of the molecule is CC(=O)C1CCC2C3CC=C4CC(O)C(O)CC4(C)C3CCC12C. The van der Waals surface area contributed by atoms with Gasteiger partial charge in [0.05, 0.1) is 12.2 Å². The van der Waals surface area contributed by atoms with E-state index in [9.17, 15) is 15.0 Å². The number of allylic oxidation sites excluding steroid dienone is 1. The Kier molecular flexibility index (Phi) is 3.78. The molecule has 0 spiro atoms. The van der Waals surface area contributed by atoms with Gasteiger partial charge in [-0.15, -0.1) is 0 Å². The van der Waals surface area contributed by atoms with Crippen molar-refractivity contribution < 1.29 is 15.0 Å². The van der Waals surface area contributed by atoms with Crippen molar-refractivity contribution in [2.24, 2.45) is 34.5 Å². The number of ketones is 1. The lowest BCUT2D eigenvalue weighted by atomic mass is 9.47. The molecule has 4 aliphatic carbocycles. The highest BCUT2D eigenvalue weighted by Gasteiger charge is 2.59. The molecule has 8 unspecified atom stereocenters. The number of hydrogen-bond acceptors (Lipinski definition) is 3. The highest BCUT2D eigenvalue weighted by Crippen LogP contribution is 2.66. The lowest BCUT2D eigenvalue weighted by Crippen LogP contribution is -2.53. The summed E-state index contributed by atoms with van der Waals surface area (Å²) in [6.07, 6.45) is 8.19. The Morgan fingerprint density at radius 2 is 1.88 bits per heavy atom. The van der Waals surface area contributed by atoms with Crippen molar-refractivity contribution in [2.45, 2.75) is 77.9 Å². The van der Waals surface area contributed by atoms with Crippen LogP contribution in [0.3, 0.4) is 0 Å². The Balaban J connectivity index is 1.67. The van der Waals surface area contributed by atoms with Gasteiger partial charge >= 0.3 is 0 Å². The van der Waals surface area contributed by atoms with E-state index in [1.54, 1.807) is 6.92 Å². The van der Waals surface area contributed by atoms with Crippen molar-refractivity contribution >= 4 is 5.78 Å². The van der Waals surface area contributed by atoms with Crippen LogP contribution in [0.4, 0.5) is 0 Å². The summed E-state index contributed by atoms with van der Waals surface area (Å²) in [5, 5.41) is 20.4. The average Bonchev–Trinajstić information content (AvgIpc) is 2.86. The minimum absolute atomic E-state index is 0.0389. The zero-order valence-electron chi connectivity index (χ0n) is 15.3. The monoisotopic (exact) mass is 332 g/mol. The van der Waals surface area contributed by atoms with Gasteiger partial charge in [0.15, 0.2) is 0 Å². The molecule has 3 heteroatoms. The number of aliphatic hydroxyl groups excluding tert-OH is 2.